The third-order valence-corrected chi connectivity index (χ3v) is 1.84. The van der Waals surface area contributed by atoms with Crippen LogP contribution in [0.1, 0.15) is 0 Å². The highest BCUT2D eigenvalue weighted by atomic mass is 16.5. The normalized spacial score (nSPS) is 10.0. The molecule has 1 aromatic heterocycles. The van der Waals surface area contributed by atoms with E-state index in [-0.39, 0.29) is 6.61 Å². The van der Waals surface area contributed by atoms with Crippen molar-refractivity contribution in [3.63, 3.8) is 0 Å². The second-order valence-corrected chi connectivity index (χ2v) is 2.96. The number of hydrogen-bond acceptors (Lipinski definition) is 5. The summed E-state index contributed by atoms with van der Waals surface area (Å²) in [7, 11) is 0. The summed E-state index contributed by atoms with van der Waals surface area (Å²) in [6.07, 6.45) is 1.24. The zero-order valence-electron chi connectivity index (χ0n) is 8.16. The fraction of sp³-hybridized carbons (Fsp3) is 0.100. The van der Waals surface area contributed by atoms with Gasteiger partial charge in [-0.15, -0.1) is 0 Å². The van der Waals surface area contributed by atoms with E-state index in [0.29, 0.717) is 11.6 Å². The lowest BCUT2D eigenvalue weighted by atomic mass is 10.2. The summed E-state index contributed by atoms with van der Waals surface area (Å²) >= 11 is 0. The number of aliphatic carboxylic acids is 1. The van der Waals surface area contributed by atoms with Crippen LogP contribution in [0.5, 0.6) is 5.75 Å². The number of nitrogens with zero attached hydrogens (tertiary/aromatic N) is 2. The predicted octanol–water partition coefficient (Wildman–Crippen LogP) is 1.20. The molecule has 0 bridgehead atoms. The summed E-state index contributed by atoms with van der Waals surface area (Å²) < 4.78 is 9.58. The molecule has 0 amide bonds. The first-order valence-electron chi connectivity index (χ1n) is 4.47. The summed E-state index contributed by atoms with van der Waals surface area (Å²) in [5.74, 6) is -0.0540. The lowest BCUT2D eigenvalue weighted by Gasteiger charge is -2.02. The van der Waals surface area contributed by atoms with Gasteiger partial charge in [0.1, 0.15) is 5.75 Å². The second kappa shape index (κ2) is 4.43. The Morgan fingerprint density at radius 3 is 2.69 bits per heavy atom. The van der Waals surface area contributed by atoms with Crippen LogP contribution in [0.2, 0.25) is 0 Å². The number of carboxylic acid groups (broad SMARTS) is 1. The summed E-state index contributed by atoms with van der Waals surface area (Å²) in [5.41, 5.74) is 0.774. The molecule has 16 heavy (non-hydrogen) atoms. The molecule has 1 heterocycles. The Morgan fingerprint density at radius 2 is 2.12 bits per heavy atom. The largest absolute Gasteiger partial charge is 0.482 e. The van der Waals surface area contributed by atoms with Crippen molar-refractivity contribution in [2.75, 3.05) is 6.61 Å². The SMILES string of the molecule is O=C(O)COc1ccc(-c2ncon2)cc1. The van der Waals surface area contributed by atoms with Gasteiger partial charge in [-0.1, -0.05) is 5.16 Å². The number of benzene rings is 1. The van der Waals surface area contributed by atoms with E-state index in [0.717, 1.165) is 5.56 Å². The van der Waals surface area contributed by atoms with Crippen molar-refractivity contribution in [1.29, 1.82) is 0 Å². The molecule has 1 aromatic carbocycles. The van der Waals surface area contributed by atoms with Crippen molar-refractivity contribution in [3.8, 4) is 17.1 Å². The maximum atomic E-state index is 10.3. The molecule has 82 valence electrons. The molecule has 0 aliphatic carbocycles. The van der Waals surface area contributed by atoms with E-state index in [1.54, 1.807) is 24.3 Å². The van der Waals surface area contributed by atoms with Crippen molar-refractivity contribution < 1.29 is 19.2 Å². The highest BCUT2D eigenvalue weighted by Gasteiger charge is 2.03. The molecule has 0 fully saturated rings. The maximum Gasteiger partial charge on any atom is 0.341 e. The van der Waals surface area contributed by atoms with Crippen LogP contribution in [-0.2, 0) is 4.79 Å². The average molecular weight is 220 g/mol. The van der Waals surface area contributed by atoms with Gasteiger partial charge in [0, 0.05) is 5.56 Å². The quantitative estimate of drug-likeness (QED) is 0.833. The predicted molar refractivity (Wildman–Crippen MR) is 52.9 cm³/mol. The first kappa shape index (κ1) is 10.2. The second-order valence-electron chi connectivity index (χ2n) is 2.96. The molecule has 6 nitrogen and oxygen atoms in total. The van der Waals surface area contributed by atoms with Crippen LogP contribution in [0.4, 0.5) is 0 Å². The van der Waals surface area contributed by atoms with Crippen LogP contribution in [0.3, 0.4) is 0 Å². The van der Waals surface area contributed by atoms with Crippen LogP contribution in [0, 0.1) is 0 Å². The molecule has 0 atom stereocenters. The van der Waals surface area contributed by atoms with Crippen LogP contribution < -0.4 is 4.74 Å². The van der Waals surface area contributed by atoms with Crippen molar-refractivity contribution in [3.05, 3.63) is 30.7 Å². The summed E-state index contributed by atoms with van der Waals surface area (Å²) in [6, 6.07) is 6.74. The van der Waals surface area contributed by atoms with E-state index < -0.39 is 5.97 Å². The van der Waals surface area contributed by atoms with Gasteiger partial charge in [-0.3, -0.25) is 0 Å². The van der Waals surface area contributed by atoms with Crippen LogP contribution in [0.25, 0.3) is 11.4 Å². The molecule has 1 N–H and O–H groups in total. The van der Waals surface area contributed by atoms with Crippen LogP contribution >= 0.6 is 0 Å². The Bertz CT molecular complexity index is 464. The van der Waals surface area contributed by atoms with Gasteiger partial charge in [0.25, 0.3) is 0 Å². The highest BCUT2D eigenvalue weighted by Crippen LogP contribution is 2.18. The number of carbonyl (C=O) groups is 1. The van der Waals surface area contributed by atoms with E-state index in [9.17, 15) is 4.79 Å². The molecule has 2 aromatic rings. The molecule has 0 saturated heterocycles. The Kier molecular flexibility index (Phi) is 2.81. The molecule has 0 aliphatic heterocycles. The minimum atomic E-state index is -1.01. The van der Waals surface area contributed by atoms with Crippen LogP contribution in [-0.4, -0.2) is 27.8 Å². The van der Waals surface area contributed by atoms with Gasteiger partial charge in [-0.05, 0) is 24.3 Å². The molecule has 0 aliphatic rings. The van der Waals surface area contributed by atoms with Gasteiger partial charge in [0.05, 0.1) is 0 Å². The Labute approximate surface area is 90.5 Å². The minimum Gasteiger partial charge on any atom is -0.482 e. The van der Waals surface area contributed by atoms with E-state index in [2.05, 4.69) is 14.7 Å². The van der Waals surface area contributed by atoms with Gasteiger partial charge in [0.15, 0.2) is 6.61 Å². The van der Waals surface area contributed by atoms with Gasteiger partial charge in [-0.2, -0.15) is 4.98 Å². The topological polar surface area (TPSA) is 85.5 Å². The standard InChI is InChI=1S/C10H8N2O4/c13-9(14)5-15-8-3-1-7(2-4-8)10-11-6-16-12-10/h1-4,6H,5H2,(H,13,14). The molecule has 2 rings (SSSR count). The summed E-state index contributed by atoms with van der Waals surface area (Å²) in [6.45, 7) is -0.360. The number of carboxylic acids is 1. The monoisotopic (exact) mass is 220 g/mol. The number of rotatable bonds is 4. The number of ether oxygens (including phenoxy) is 1. The number of aromatic nitrogens is 2. The lowest BCUT2D eigenvalue weighted by molar-refractivity contribution is -0.139. The van der Waals surface area contributed by atoms with Crippen molar-refractivity contribution in [2.24, 2.45) is 0 Å². The van der Waals surface area contributed by atoms with E-state index in [1.165, 1.54) is 6.39 Å². The molecular weight excluding hydrogens is 212 g/mol. The Hall–Kier alpha value is -2.37. The van der Waals surface area contributed by atoms with Gasteiger partial charge >= 0.3 is 5.97 Å². The molecule has 0 unspecified atom stereocenters. The van der Waals surface area contributed by atoms with Crippen molar-refractivity contribution in [2.45, 2.75) is 0 Å². The molecule has 6 heteroatoms. The Morgan fingerprint density at radius 1 is 1.38 bits per heavy atom. The minimum absolute atomic E-state index is 0.360. The molecule has 0 radical (unpaired) electrons. The van der Waals surface area contributed by atoms with E-state index >= 15 is 0 Å². The van der Waals surface area contributed by atoms with Crippen molar-refractivity contribution >= 4 is 5.97 Å². The fourth-order valence-electron chi connectivity index (χ4n) is 1.14. The van der Waals surface area contributed by atoms with Crippen LogP contribution in [0.15, 0.2) is 35.2 Å². The lowest BCUT2D eigenvalue weighted by Crippen LogP contribution is -2.09. The zero-order chi connectivity index (χ0) is 11.4. The van der Waals surface area contributed by atoms with E-state index in [4.69, 9.17) is 9.84 Å². The third kappa shape index (κ3) is 2.35. The zero-order valence-corrected chi connectivity index (χ0v) is 8.16. The van der Waals surface area contributed by atoms with E-state index in [1.807, 2.05) is 0 Å². The Balaban J connectivity index is 2.08. The maximum absolute atomic E-state index is 10.3. The fourth-order valence-corrected chi connectivity index (χ4v) is 1.14. The van der Waals surface area contributed by atoms with Crippen molar-refractivity contribution in [1.82, 2.24) is 10.1 Å². The molecular formula is C10H8N2O4. The smallest absolute Gasteiger partial charge is 0.341 e. The molecule has 0 saturated carbocycles. The summed E-state index contributed by atoms with van der Waals surface area (Å²) in [4.78, 5) is 14.1. The highest BCUT2D eigenvalue weighted by molar-refractivity contribution is 5.68. The first-order valence-corrected chi connectivity index (χ1v) is 4.47. The summed E-state index contributed by atoms with van der Waals surface area (Å²) in [5, 5.41) is 12.1. The third-order valence-electron chi connectivity index (χ3n) is 1.84. The van der Waals surface area contributed by atoms with Gasteiger partial charge < -0.3 is 14.4 Å². The number of hydrogen-bond donors (Lipinski definition) is 1. The average Bonchev–Trinajstić information content (AvgIpc) is 2.80. The van der Waals surface area contributed by atoms with Gasteiger partial charge in [-0.25, -0.2) is 4.79 Å². The first-order chi connectivity index (χ1) is 7.75. The molecule has 0 spiro atoms. The van der Waals surface area contributed by atoms with Gasteiger partial charge in [0.2, 0.25) is 12.2 Å².